The highest BCUT2D eigenvalue weighted by Gasteiger charge is 2.66. The van der Waals surface area contributed by atoms with Crippen molar-refractivity contribution in [1.29, 1.82) is 5.26 Å². The van der Waals surface area contributed by atoms with E-state index >= 15 is 0 Å². The lowest BCUT2D eigenvalue weighted by atomic mass is 9.70. The molecule has 0 radical (unpaired) electrons. The number of ketones is 1. The molecule has 1 aromatic heterocycles. The molecule has 0 saturated heterocycles. The molecule has 4 rings (SSSR count). The molecule has 2 aromatic carbocycles. The van der Waals surface area contributed by atoms with Gasteiger partial charge < -0.3 is 15.7 Å². The van der Waals surface area contributed by atoms with Crippen molar-refractivity contribution < 1.29 is 27.9 Å². The van der Waals surface area contributed by atoms with Crippen molar-refractivity contribution in [2.45, 2.75) is 24.4 Å². The second-order valence-corrected chi connectivity index (χ2v) is 11.0. The summed E-state index contributed by atoms with van der Waals surface area (Å²) < 4.78 is 43.8. The monoisotopic (exact) mass is 591 g/mol. The van der Waals surface area contributed by atoms with Crippen molar-refractivity contribution in [3.05, 3.63) is 104 Å². The quantitative estimate of drug-likeness (QED) is 0.294. The maximum absolute atomic E-state index is 14.6. The smallest absolute Gasteiger partial charge is 0.363 e. The van der Waals surface area contributed by atoms with Crippen LogP contribution in [0.2, 0.25) is 5.02 Å². The van der Waals surface area contributed by atoms with Gasteiger partial charge in [-0.15, -0.1) is 11.3 Å². The average molecular weight is 592 g/mol. The molecule has 1 amide bonds. The van der Waals surface area contributed by atoms with Crippen molar-refractivity contribution in [2.24, 2.45) is 5.92 Å². The number of thioether (sulfide) groups is 1. The molecule has 0 bridgehead atoms. The van der Waals surface area contributed by atoms with Crippen molar-refractivity contribution >= 4 is 46.4 Å². The zero-order valence-electron chi connectivity index (χ0n) is 20.0. The first-order chi connectivity index (χ1) is 18.6. The first kappa shape index (κ1) is 28.7. The van der Waals surface area contributed by atoms with Crippen LogP contribution in [-0.2, 0) is 11.3 Å². The first-order valence-corrected chi connectivity index (χ1v) is 13.8. The van der Waals surface area contributed by atoms with E-state index in [1.807, 2.05) is 17.5 Å². The van der Waals surface area contributed by atoms with E-state index in [-0.39, 0.29) is 38.4 Å². The zero-order valence-corrected chi connectivity index (χ0v) is 22.4. The number of benzene rings is 2. The molecule has 39 heavy (non-hydrogen) atoms. The van der Waals surface area contributed by atoms with Crippen LogP contribution in [0.25, 0.3) is 0 Å². The molecule has 0 fully saturated rings. The Labute approximate surface area is 235 Å². The molecule has 6 nitrogen and oxygen atoms in total. The summed E-state index contributed by atoms with van der Waals surface area (Å²) in [5.74, 6) is -5.59. The molecular formula is C27H21ClF3N3O3S2. The van der Waals surface area contributed by atoms with Crippen LogP contribution in [0.3, 0.4) is 0 Å². The van der Waals surface area contributed by atoms with Crippen LogP contribution in [0.5, 0.6) is 0 Å². The topological polar surface area (TPSA) is 102 Å². The summed E-state index contributed by atoms with van der Waals surface area (Å²) in [5.41, 5.74) is -3.11. The lowest BCUT2D eigenvalue weighted by Gasteiger charge is -2.45. The Morgan fingerprint density at radius 3 is 2.44 bits per heavy atom. The minimum absolute atomic E-state index is 0.0183. The van der Waals surface area contributed by atoms with Crippen LogP contribution in [0.1, 0.15) is 26.7 Å². The Morgan fingerprint density at radius 1 is 1.13 bits per heavy atom. The van der Waals surface area contributed by atoms with Crippen LogP contribution in [-0.4, -0.2) is 34.5 Å². The van der Waals surface area contributed by atoms with Gasteiger partial charge in [0.05, 0.1) is 33.2 Å². The van der Waals surface area contributed by atoms with Crippen molar-refractivity contribution in [3.8, 4) is 6.07 Å². The van der Waals surface area contributed by atoms with E-state index in [4.69, 9.17) is 11.6 Å². The number of carbonyl (C=O) groups excluding carboxylic acids is 2. The van der Waals surface area contributed by atoms with E-state index in [2.05, 4.69) is 5.32 Å². The number of nitriles is 1. The normalized spacial score (nSPS) is 21.1. The average Bonchev–Trinajstić information content (AvgIpc) is 3.45. The Kier molecular flexibility index (Phi) is 8.71. The van der Waals surface area contributed by atoms with E-state index in [1.165, 1.54) is 35.7 Å². The molecule has 1 aliphatic rings. The summed E-state index contributed by atoms with van der Waals surface area (Å²) in [6.45, 7) is 0.198. The lowest BCUT2D eigenvalue weighted by molar-refractivity contribution is -0.285. The number of nitrogens with one attached hydrogen (secondary N) is 2. The standard InChI is InChI=1S/C27H21ClF3N3O3S2/c28-19-10-5-4-9-17(19)22-18(13-32)25(39-15-21(35)33-14-16-7-2-1-3-8-16)34-26(37,27(29,30)31)23(22)24(36)20-11-6-12-38-20/h1-12,22-23,34,37H,14-15H2,(H,33,35). The molecule has 3 atom stereocenters. The predicted molar refractivity (Wildman–Crippen MR) is 144 cm³/mol. The van der Waals surface area contributed by atoms with Crippen molar-refractivity contribution in [1.82, 2.24) is 10.6 Å². The van der Waals surface area contributed by atoms with Gasteiger partial charge in [0.25, 0.3) is 0 Å². The van der Waals surface area contributed by atoms with Gasteiger partial charge in [0, 0.05) is 17.5 Å². The largest absolute Gasteiger partial charge is 0.437 e. The fourth-order valence-corrected chi connectivity index (χ4v) is 6.20. The summed E-state index contributed by atoms with van der Waals surface area (Å²) in [5, 5.41) is 27.2. The second-order valence-electron chi connectivity index (χ2n) is 8.61. The third-order valence-corrected chi connectivity index (χ3v) is 8.41. The van der Waals surface area contributed by atoms with Crippen LogP contribution >= 0.6 is 34.7 Å². The number of allylic oxidation sites excluding steroid dienone is 1. The van der Waals surface area contributed by atoms with Gasteiger partial charge in [0.1, 0.15) is 0 Å². The fourth-order valence-electron chi connectivity index (χ4n) is 4.31. The number of nitrogens with zero attached hydrogens (tertiary/aromatic N) is 1. The highest BCUT2D eigenvalue weighted by Crippen LogP contribution is 2.52. The SMILES string of the molecule is N#CC1=C(SCC(=O)NCc2ccccc2)NC(O)(C(F)(F)F)C(C(=O)c2cccs2)C1c1ccccc1Cl. The molecular weight excluding hydrogens is 571 g/mol. The number of amides is 1. The number of alkyl halides is 3. The Balaban J connectivity index is 1.75. The minimum Gasteiger partial charge on any atom is -0.363 e. The Morgan fingerprint density at radius 2 is 1.82 bits per heavy atom. The molecule has 0 saturated carbocycles. The summed E-state index contributed by atoms with van der Waals surface area (Å²) in [6.07, 6.45) is -5.34. The summed E-state index contributed by atoms with van der Waals surface area (Å²) in [7, 11) is 0. The third-order valence-electron chi connectivity index (χ3n) is 6.16. The second kappa shape index (κ2) is 11.8. The summed E-state index contributed by atoms with van der Waals surface area (Å²) in [6, 6.07) is 19.7. The molecule has 0 spiro atoms. The number of carbonyl (C=O) groups is 2. The van der Waals surface area contributed by atoms with Gasteiger partial charge >= 0.3 is 6.18 Å². The summed E-state index contributed by atoms with van der Waals surface area (Å²) >= 11 is 7.91. The number of Topliss-reactive ketones (excluding diaryl/α,β-unsaturated/α-hetero) is 1. The first-order valence-electron chi connectivity index (χ1n) is 11.5. The van der Waals surface area contributed by atoms with Crippen LogP contribution in [0, 0.1) is 17.2 Å². The van der Waals surface area contributed by atoms with E-state index < -0.39 is 35.4 Å². The van der Waals surface area contributed by atoms with Gasteiger partial charge in [0.15, 0.2) is 5.78 Å². The number of halogens is 4. The molecule has 3 unspecified atom stereocenters. The van der Waals surface area contributed by atoms with Gasteiger partial charge in [-0.25, -0.2) is 0 Å². The number of hydrogen-bond acceptors (Lipinski definition) is 7. The molecule has 1 aliphatic heterocycles. The van der Waals surface area contributed by atoms with Gasteiger partial charge in [-0.3, -0.25) is 9.59 Å². The molecule has 0 aliphatic carbocycles. The van der Waals surface area contributed by atoms with Gasteiger partial charge in [-0.05, 0) is 28.6 Å². The van der Waals surface area contributed by atoms with Crippen LogP contribution in [0.15, 0.2) is 82.7 Å². The number of hydrogen-bond donors (Lipinski definition) is 3. The number of rotatable bonds is 8. The summed E-state index contributed by atoms with van der Waals surface area (Å²) in [4.78, 5) is 26.0. The predicted octanol–water partition coefficient (Wildman–Crippen LogP) is 5.62. The Hall–Kier alpha value is -3.30. The third kappa shape index (κ3) is 5.99. The Bertz CT molecular complexity index is 1430. The van der Waals surface area contributed by atoms with Crippen molar-refractivity contribution in [2.75, 3.05) is 5.75 Å². The molecule has 2 heterocycles. The molecule has 3 N–H and O–H groups in total. The van der Waals surface area contributed by atoms with Crippen molar-refractivity contribution in [3.63, 3.8) is 0 Å². The van der Waals surface area contributed by atoms with Gasteiger partial charge in [0.2, 0.25) is 11.6 Å². The van der Waals surface area contributed by atoms with Crippen LogP contribution in [0.4, 0.5) is 13.2 Å². The van der Waals surface area contributed by atoms with E-state index in [0.29, 0.717) is 11.8 Å². The van der Waals surface area contributed by atoms with Gasteiger partial charge in [-0.1, -0.05) is 78.0 Å². The maximum atomic E-state index is 14.6. The number of thiophene rings is 1. The van der Waals surface area contributed by atoms with Crippen LogP contribution < -0.4 is 10.6 Å². The minimum atomic E-state index is -5.34. The zero-order chi connectivity index (χ0) is 28.2. The number of aliphatic hydroxyl groups is 1. The van der Waals surface area contributed by atoms with E-state index in [0.717, 1.165) is 16.9 Å². The van der Waals surface area contributed by atoms with E-state index in [9.17, 15) is 33.1 Å². The molecule has 3 aromatic rings. The molecule has 12 heteroatoms. The highest BCUT2D eigenvalue weighted by molar-refractivity contribution is 8.03. The highest BCUT2D eigenvalue weighted by atomic mass is 35.5. The maximum Gasteiger partial charge on any atom is 0.437 e. The molecule has 202 valence electrons. The van der Waals surface area contributed by atoms with E-state index in [1.54, 1.807) is 30.3 Å². The lowest BCUT2D eigenvalue weighted by Crippen LogP contribution is -2.66. The fraction of sp³-hybridized carbons (Fsp3) is 0.222. The van der Waals surface area contributed by atoms with Gasteiger partial charge in [-0.2, -0.15) is 18.4 Å².